The number of nitrogens with one attached hydrogen (secondary N) is 2. The highest BCUT2D eigenvalue weighted by Gasteiger charge is 2.42. The van der Waals surface area contributed by atoms with Gasteiger partial charge in [0.2, 0.25) is 0 Å². The molecular formula is C22H21F2N7O. The number of aryl methyl sites for hydroxylation is 1. The normalized spacial score (nSPS) is 23.8. The van der Waals surface area contributed by atoms with Gasteiger partial charge in [0.1, 0.15) is 41.4 Å². The molecule has 32 heavy (non-hydrogen) atoms. The van der Waals surface area contributed by atoms with Gasteiger partial charge in [0.25, 0.3) is 0 Å². The van der Waals surface area contributed by atoms with E-state index in [2.05, 4.69) is 25.7 Å². The minimum absolute atomic E-state index is 0.265. The smallest absolute Gasteiger partial charge is 0.190 e. The molecule has 2 unspecified atom stereocenters. The molecule has 5 rings (SSSR count). The Kier molecular flexibility index (Phi) is 4.75. The van der Waals surface area contributed by atoms with Gasteiger partial charge in [-0.15, -0.1) is 0 Å². The lowest BCUT2D eigenvalue weighted by Crippen LogP contribution is -2.65. The Labute approximate surface area is 182 Å². The van der Waals surface area contributed by atoms with E-state index in [0.717, 1.165) is 11.1 Å². The summed E-state index contributed by atoms with van der Waals surface area (Å²) < 4.78 is 35.8. The quantitative estimate of drug-likeness (QED) is 0.581. The molecule has 0 saturated carbocycles. The topological polar surface area (TPSA) is 102 Å². The summed E-state index contributed by atoms with van der Waals surface area (Å²) in [7, 11) is 1.64. The molecule has 2 atom stereocenters. The van der Waals surface area contributed by atoms with E-state index >= 15 is 4.39 Å². The first kappa shape index (κ1) is 20.3. The zero-order valence-electron chi connectivity index (χ0n) is 17.4. The van der Waals surface area contributed by atoms with Crippen molar-refractivity contribution in [2.75, 3.05) is 13.7 Å². The van der Waals surface area contributed by atoms with E-state index in [1.807, 2.05) is 0 Å². The Morgan fingerprint density at radius 3 is 2.62 bits per heavy atom. The highest BCUT2D eigenvalue weighted by atomic mass is 19.1. The zero-order chi connectivity index (χ0) is 22.5. The molecule has 0 amide bonds. The Hall–Kier alpha value is -3.63. The van der Waals surface area contributed by atoms with Crippen molar-refractivity contribution in [2.45, 2.75) is 18.8 Å². The van der Waals surface area contributed by atoms with Crippen molar-refractivity contribution in [3.63, 3.8) is 0 Å². The second kappa shape index (κ2) is 7.50. The van der Waals surface area contributed by atoms with Crippen molar-refractivity contribution in [1.29, 1.82) is 0 Å². The van der Waals surface area contributed by atoms with E-state index in [4.69, 9.17) is 10.5 Å². The van der Waals surface area contributed by atoms with E-state index in [1.54, 1.807) is 38.2 Å². The van der Waals surface area contributed by atoms with Gasteiger partial charge in [0, 0.05) is 18.2 Å². The molecule has 1 aromatic heterocycles. The number of ether oxygens (including phenoxy) is 1. The molecule has 0 radical (unpaired) electrons. The van der Waals surface area contributed by atoms with E-state index in [1.165, 1.54) is 29.2 Å². The monoisotopic (exact) mass is 437 g/mol. The molecule has 8 nitrogen and oxygen atoms in total. The predicted molar refractivity (Wildman–Crippen MR) is 114 cm³/mol. The number of hydrogen-bond donors (Lipinski definition) is 3. The number of benzene rings is 2. The van der Waals surface area contributed by atoms with Crippen molar-refractivity contribution in [3.8, 4) is 5.69 Å². The predicted octanol–water partition coefficient (Wildman–Crippen LogP) is 2.17. The Balaban J connectivity index is 1.52. The summed E-state index contributed by atoms with van der Waals surface area (Å²) in [5.74, 6) is -1.08. The third-order valence-corrected chi connectivity index (χ3v) is 5.66. The minimum Gasteiger partial charge on any atom is -0.362 e. The first-order chi connectivity index (χ1) is 15.4. The van der Waals surface area contributed by atoms with Crippen LogP contribution in [0.3, 0.4) is 0 Å². The first-order valence-electron chi connectivity index (χ1n) is 9.99. The first-order valence-corrected chi connectivity index (χ1v) is 9.99. The van der Waals surface area contributed by atoms with E-state index < -0.39 is 17.7 Å². The molecule has 3 aromatic rings. The lowest BCUT2D eigenvalue weighted by Gasteiger charge is -2.39. The zero-order valence-corrected chi connectivity index (χ0v) is 17.4. The number of rotatable bonds is 3. The molecule has 10 heteroatoms. The molecule has 0 spiro atoms. The Bertz CT molecular complexity index is 1250. The van der Waals surface area contributed by atoms with Crippen molar-refractivity contribution in [1.82, 2.24) is 25.4 Å². The molecule has 164 valence electrons. The Morgan fingerprint density at radius 1 is 1.19 bits per heavy atom. The summed E-state index contributed by atoms with van der Waals surface area (Å²) in [6.45, 7) is 2.04. The summed E-state index contributed by atoms with van der Waals surface area (Å²) in [6, 6.07) is 10.7. The highest BCUT2D eigenvalue weighted by Crippen LogP contribution is 2.37. The van der Waals surface area contributed by atoms with E-state index in [-0.39, 0.29) is 11.5 Å². The largest absolute Gasteiger partial charge is 0.362 e. The summed E-state index contributed by atoms with van der Waals surface area (Å²) in [5.41, 5.74) is 9.69. The van der Waals surface area contributed by atoms with Crippen molar-refractivity contribution < 1.29 is 13.5 Å². The van der Waals surface area contributed by atoms with Crippen LogP contribution in [-0.4, -0.2) is 34.3 Å². The molecule has 4 N–H and O–H groups in total. The highest BCUT2D eigenvalue weighted by molar-refractivity contribution is 6.01. The molecule has 0 aliphatic carbocycles. The van der Waals surface area contributed by atoms with Crippen LogP contribution >= 0.6 is 0 Å². The van der Waals surface area contributed by atoms with Crippen LogP contribution in [0.25, 0.3) is 5.69 Å². The van der Waals surface area contributed by atoms with Gasteiger partial charge in [-0.3, -0.25) is 10.7 Å². The van der Waals surface area contributed by atoms with E-state index in [0.29, 0.717) is 29.5 Å². The second-order valence-electron chi connectivity index (χ2n) is 7.65. The average Bonchev–Trinajstić information content (AvgIpc) is 3.40. The number of aromatic nitrogens is 3. The SMILES string of the molecule is CN=C1NC(N)(c2ccc(-n3ncnc3C)c(F)c2)NC2=C1COC2c1ccc(F)cc1. The van der Waals surface area contributed by atoms with Crippen LogP contribution < -0.4 is 16.4 Å². The van der Waals surface area contributed by atoms with Gasteiger partial charge in [0.15, 0.2) is 5.79 Å². The molecule has 2 aliphatic heterocycles. The summed E-state index contributed by atoms with van der Waals surface area (Å²) >= 11 is 0. The van der Waals surface area contributed by atoms with Crippen LogP contribution in [0.4, 0.5) is 8.78 Å². The van der Waals surface area contributed by atoms with Gasteiger partial charge in [-0.2, -0.15) is 5.10 Å². The van der Waals surface area contributed by atoms with Crippen LogP contribution in [0.5, 0.6) is 0 Å². The van der Waals surface area contributed by atoms with Crippen molar-refractivity contribution in [2.24, 2.45) is 10.7 Å². The second-order valence-corrected chi connectivity index (χ2v) is 7.65. The van der Waals surface area contributed by atoms with Crippen LogP contribution in [-0.2, 0) is 10.5 Å². The van der Waals surface area contributed by atoms with Gasteiger partial charge in [-0.05, 0) is 36.8 Å². The summed E-state index contributed by atoms with van der Waals surface area (Å²) in [4.78, 5) is 8.35. The van der Waals surface area contributed by atoms with Gasteiger partial charge < -0.3 is 15.4 Å². The molecule has 0 saturated heterocycles. The minimum atomic E-state index is -1.35. The van der Waals surface area contributed by atoms with E-state index in [9.17, 15) is 4.39 Å². The fourth-order valence-electron chi connectivity index (χ4n) is 4.02. The van der Waals surface area contributed by atoms with Crippen LogP contribution in [0.1, 0.15) is 23.1 Å². The van der Waals surface area contributed by atoms with Gasteiger partial charge in [-0.1, -0.05) is 18.2 Å². The average molecular weight is 437 g/mol. The van der Waals surface area contributed by atoms with Crippen LogP contribution in [0, 0.1) is 18.6 Å². The molecule has 0 fully saturated rings. The molecular weight excluding hydrogens is 416 g/mol. The van der Waals surface area contributed by atoms with Crippen LogP contribution in [0.15, 0.2) is 65.1 Å². The fraction of sp³-hybridized carbons (Fsp3) is 0.227. The third-order valence-electron chi connectivity index (χ3n) is 5.66. The lowest BCUT2D eigenvalue weighted by molar-refractivity contribution is 0.114. The number of aliphatic imine (C=N–C) groups is 1. The van der Waals surface area contributed by atoms with Gasteiger partial charge in [-0.25, -0.2) is 18.4 Å². The molecule has 2 aromatic carbocycles. The molecule has 0 bridgehead atoms. The maximum atomic E-state index is 15.0. The van der Waals surface area contributed by atoms with Gasteiger partial charge >= 0.3 is 0 Å². The lowest BCUT2D eigenvalue weighted by atomic mass is 9.98. The number of hydrogen-bond acceptors (Lipinski definition) is 6. The van der Waals surface area contributed by atoms with Crippen molar-refractivity contribution in [3.05, 3.63) is 88.6 Å². The maximum absolute atomic E-state index is 15.0. The number of amidine groups is 1. The van der Waals surface area contributed by atoms with Crippen LogP contribution in [0.2, 0.25) is 0 Å². The third kappa shape index (κ3) is 3.24. The molecule has 2 aliphatic rings. The van der Waals surface area contributed by atoms with Gasteiger partial charge in [0.05, 0.1) is 12.3 Å². The molecule has 3 heterocycles. The number of nitrogens with two attached hydrogens (primary N) is 1. The summed E-state index contributed by atoms with van der Waals surface area (Å²) in [6.07, 6.45) is 0.889. The fourth-order valence-corrected chi connectivity index (χ4v) is 4.02. The number of halogens is 2. The standard InChI is InChI=1S/C22H21F2N7O/c1-12-27-11-28-31(12)18-8-5-14(9-17(18)24)22(25)29-19-16(21(26-2)30-22)10-32-20(19)13-3-6-15(23)7-4-13/h3-9,11,20,29H,10,25H2,1-2H3,(H,26,30). The Morgan fingerprint density at radius 2 is 1.97 bits per heavy atom. The van der Waals surface area contributed by atoms with Crippen molar-refractivity contribution >= 4 is 5.84 Å². The number of nitrogens with zero attached hydrogens (tertiary/aromatic N) is 4. The maximum Gasteiger partial charge on any atom is 0.190 e. The summed E-state index contributed by atoms with van der Waals surface area (Å²) in [5, 5.41) is 10.5.